The Kier molecular flexibility index (Phi) is 6.33. The minimum Gasteiger partial charge on any atom is -0.462 e. The van der Waals surface area contributed by atoms with E-state index in [0.717, 1.165) is 29.5 Å². The number of hydrogen-bond acceptors (Lipinski definition) is 6. The van der Waals surface area contributed by atoms with E-state index in [1.165, 1.54) is 24.3 Å². The SMILES string of the molecule is CCCCOc1nc(-c2ccc(CC)cc2)n(C(=O)c2cccc([N+](=O)[O-])c2)n1. The molecule has 0 radical (unpaired) electrons. The number of benzene rings is 2. The lowest BCUT2D eigenvalue weighted by molar-refractivity contribution is -0.384. The van der Waals surface area contributed by atoms with Crippen LogP contribution < -0.4 is 4.74 Å². The van der Waals surface area contributed by atoms with E-state index < -0.39 is 10.8 Å². The first kappa shape index (κ1) is 20.2. The van der Waals surface area contributed by atoms with E-state index in [4.69, 9.17) is 4.74 Å². The topological polar surface area (TPSA) is 100 Å². The summed E-state index contributed by atoms with van der Waals surface area (Å²) in [5.41, 5.74) is 1.85. The van der Waals surface area contributed by atoms with E-state index in [2.05, 4.69) is 17.0 Å². The standard InChI is InChI=1S/C21H22N4O4/c1-3-5-13-29-21-22-19(16-11-9-15(4-2)10-12-16)24(23-21)20(26)17-7-6-8-18(14-17)25(27)28/h6-12,14H,3-5,13H2,1-2H3. The molecular formula is C21H22N4O4. The molecule has 0 fully saturated rings. The number of nitro benzene ring substituents is 1. The number of non-ortho nitro benzene ring substituents is 1. The fraction of sp³-hybridized carbons (Fsp3) is 0.286. The van der Waals surface area contributed by atoms with E-state index >= 15 is 0 Å². The van der Waals surface area contributed by atoms with Crippen LogP contribution in [0.3, 0.4) is 0 Å². The van der Waals surface area contributed by atoms with Crippen molar-refractivity contribution in [1.82, 2.24) is 14.8 Å². The number of unbranched alkanes of at least 4 members (excludes halogenated alkanes) is 1. The zero-order valence-electron chi connectivity index (χ0n) is 16.4. The highest BCUT2D eigenvalue weighted by Gasteiger charge is 2.21. The van der Waals surface area contributed by atoms with Crippen LogP contribution in [0.5, 0.6) is 6.01 Å². The van der Waals surface area contributed by atoms with Crippen molar-refractivity contribution in [3.05, 3.63) is 69.8 Å². The van der Waals surface area contributed by atoms with Gasteiger partial charge in [-0.2, -0.15) is 9.67 Å². The van der Waals surface area contributed by atoms with Gasteiger partial charge in [0.1, 0.15) is 0 Å². The summed E-state index contributed by atoms with van der Waals surface area (Å²) < 4.78 is 6.72. The first-order valence-electron chi connectivity index (χ1n) is 9.51. The van der Waals surface area contributed by atoms with Crippen molar-refractivity contribution in [3.8, 4) is 17.4 Å². The molecule has 0 bridgehead atoms. The number of aromatic nitrogens is 3. The van der Waals surface area contributed by atoms with E-state index in [0.29, 0.717) is 18.0 Å². The molecule has 0 amide bonds. The number of rotatable bonds is 8. The summed E-state index contributed by atoms with van der Waals surface area (Å²) in [4.78, 5) is 28.0. The molecule has 3 aromatic rings. The Morgan fingerprint density at radius 1 is 1.17 bits per heavy atom. The average Bonchev–Trinajstić information content (AvgIpc) is 3.17. The number of hydrogen-bond donors (Lipinski definition) is 0. The second-order valence-corrected chi connectivity index (χ2v) is 6.49. The normalized spacial score (nSPS) is 10.7. The fourth-order valence-corrected chi connectivity index (χ4v) is 2.75. The van der Waals surface area contributed by atoms with Crippen molar-refractivity contribution < 1.29 is 14.5 Å². The second-order valence-electron chi connectivity index (χ2n) is 6.49. The van der Waals surface area contributed by atoms with Crippen LogP contribution in [-0.2, 0) is 6.42 Å². The van der Waals surface area contributed by atoms with Gasteiger partial charge in [-0.05, 0) is 24.5 Å². The molecule has 1 aromatic heterocycles. The molecule has 29 heavy (non-hydrogen) atoms. The second kappa shape index (κ2) is 9.09. The van der Waals surface area contributed by atoms with Crippen LogP contribution in [0.1, 0.15) is 42.6 Å². The van der Waals surface area contributed by atoms with Crippen molar-refractivity contribution in [1.29, 1.82) is 0 Å². The van der Waals surface area contributed by atoms with Crippen molar-refractivity contribution in [2.24, 2.45) is 0 Å². The molecule has 150 valence electrons. The van der Waals surface area contributed by atoms with Crippen LogP contribution in [-0.4, -0.2) is 32.2 Å². The van der Waals surface area contributed by atoms with Gasteiger partial charge in [0.05, 0.1) is 11.5 Å². The molecule has 0 unspecified atom stereocenters. The monoisotopic (exact) mass is 394 g/mol. The molecule has 0 aliphatic heterocycles. The van der Waals surface area contributed by atoms with Gasteiger partial charge >= 0.3 is 6.01 Å². The van der Waals surface area contributed by atoms with Crippen LogP contribution >= 0.6 is 0 Å². The highest BCUT2D eigenvalue weighted by molar-refractivity contribution is 5.97. The van der Waals surface area contributed by atoms with Gasteiger partial charge in [0.25, 0.3) is 11.6 Å². The minimum atomic E-state index is -0.540. The van der Waals surface area contributed by atoms with Gasteiger partial charge < -0.3 is 4.74 Å². The Morgan fingerprint density at radius 2 is 1.93 bits per heavy atom. The van der Waals surface area contributed by atoms with Crippen LogP contribution in [0.4, 0.5) is 5.69 Å². The Labute approximate surface area is 168 Å². The molecule has 8 nitrogen and oxygen atoms in total. The number of ether oxygens (including phenoxy) is 1. The quantitative estimate of drug-likeness (QED) is 0.321. The summed E-state index contributed by atoms with van der Waals surface area (Å²) in [6.45, 7) is 4.55. The van der Waals surface area contributed by atoms with E-state index in [-0.39, 0.29) is 17.3 Å². The van der Waals surface area contributed by atoms with Gasteiger partial charge in [-0.1, -0.05) is 50.6 Å². The highest BCUT2D eigenvalue weighted by atomic mass is 16.6. The Bertz CT molecular complexity index is 1010. The lowest BCUT2D eigenvalue weighted by atomic mass is 10.1. The molecular weight excluding hydrogens is 372 g/mol. The predicted molar refractivity (Wildman–Crippen MR) is 108 cm³/mol. The van der Waals surface area contributed by atoms with Crippen molar-refractivity contribution in [2.45, 2.75) is 33.1 Å². The van der Waals surface area contributed by atoms with E-state index in [9.17, 15) is 14.9 Å². The average molecular weight is 394 g/mol. The van der Waals surface area contributed by atoms with Crippen LogP contribution in [0.2, 0.25) is 0 Å². The van der Waals surface area contributed by atoms with Gasteiger partial charge in [0.2, 0.25) is 0 Å². The van der Waals surface area contributed by atoms with Crippen molar-refractivity contribution >= 4 is 11.6 Å². The summed E-state index contributed by atoms with van der Waals surface area (Å²) in [6.07, 6.45) is 2.69. The summed E-state index contributed by atoms with van der Waals surface area (Å²) in [6, 6.07) is 13.3. The van der Waals surface area contributed by atoms with Crippen molar-refractivity contribution in [2.75, 3.05) is 6.61 Å². The minimum absolute atomic E-state index is 0.104. The van der Waals surface area contributed by atoms with E-state index in [1.807, 2.05) is 31.2 Å². The third-order valence-corrected chi connectivity index (χ3v) is 4.43. The van der Waals surface area contributed by atoms with Gasteiger partial charge in [0.15, 0.2) is 5.82 Å². The number of aryl methyl sites for hydroxylation is 1. The molecule has 3 rings (SSSR count). The molecule has 0 saturated carbocycles. The molecule has 1 heterocycles. The molecule has 2 aromatic carbocycles. The molecule has 0 atom stereocenters. The molecule has 0 aliphatic carbocycles. The summed E-state index contributed by atoms with van der Waals surface area (Å²) in [5, 5.41) is 15.3. The van der Waals surface area contributed by atoms with Crippen molar-refractivity contribution in [3.63, 3.8) is 0 Å². The Hall–Kier alpha value is -3.55. The van der Waals surface area contributed by atoms with E-state index in [1.54, 1.807) is 0 Å². The third kappa shape index (κ3) is 4.66. The molecule has 0 N–H and O–H groups in total. The van der Waals surface area contributed by atoms with Gasteiger partial charge in [-0.25, -0.2) is 0 Å². The first-order valence-corrected chi connectivity index (χ1v) is 9.51. The first-order chi connectivity index (χ1) is 14.0. The maximum absolute atomic E-state index is 13.1. The lowest BCUT2D eigenvalue weighted by Gasteiger charge is -2.05. The molecule has 0 aliphatic rings. The Morgan fingerprint density at radius 3 is 2.59 bits per heavy atom. The molecule has 0 saturated heterocycles. The highest BCUT2D eigenvalue weighted by Crippen LogP contribution is 2.23. The number of nitrogens with zero attached hydrogens (tertiary/aromatic N) is 4. The smallest absolute Gasteiger partial charge is 0.336 e. The maximum atomic E-state index is 13.1. The van der Waals surface area contributed by atoms with Crippen LogP contribution in [0.15, 0.2) is 48.5 Å². The van der Waals surface area contributed by atoms with Gasteiger partial charge in [-0.3, -0.25) is 14.9 Å². The van der Waals surface area contributed by atoms with Crippen LogP contribution in [0.25, 0.3) is 11.4 Å². The summed E-state index contributed by atoms with van der Waals surface area (Å²) >= 11 is 0. The lowest BCUT2D eigenvalue weighted by Crippen LogP contribution is -2.15. The molecule has 0 spiro atoms. The predicted octanol–water partition coefficient (Wildman–Crippen LogP) is 4.28. The summed E-state index contributed by atoms with van der Waals surface area (Å²) in [5.74, 6) is -0.184. The zero-order chi connectivity index (χ0) is 20.8. The summed E-state index contributed by atoms with van der Waals surface area (Å²) in [7, 11) is 0. The number of carbonyl (C=O) groups excluding carboxylic acids is 1. The zero-order valence-corrected chi connectivity index (χ0v) is 16.4. The van der Waals surface area contributed by atoms with Crippen LogP contribution in [0, 0.1) is 10.1 Å². The van der Waals surface area contributed by atoms with Gasteiger partial charge in [0, 0.05) is 23.3 Å². The van der Waals surface area contributed by atoms with Gasteiger partial charge in [-0.15, -0.1) is 5.10 Å². The fourth-order valence-electron chi connectivity index (χ4n) is 2.75. The largest absolute Gasteiger partial charge is 0.462 e. The third-order valence-electron chi connectivity index (χ3n) is 4.43. The maximum Gasteiger partial charge on any atom is 0.336 e. The number of nitro groups is 1. The Balaban J connectivity index is 2.01. The molecule has 8 heteroatoms. The number of carbonyl (C=O) groups is 1.